The fourth-order valence-corrected chi connectivity index (χ4v) is 2.37. The molecular formula is C16H13ClN4OS. The Bertz CT molecular complexity index is 843. The highest BCUT2D eigenvalue weighted by atomic mass is 35.5. The summed E-state index contributed by atoms with van der Waals surface area (Å²) in [7, 11) is 0. The number of anilines is 1. The largest absolute Gasteiger partial charge is 0.331 e. The zero-order valence-corrected chi connectivity index (χ0v) is 13.6. The number of pyridine rings is 2. The zero-order chi connectivity index (χ0) is 16.1. The van der Waals surface area contributed by atoms with E-state index in [0.717, 1.165) is 16.6 Å². The van der Waals surface area contributed by atoms with Crippen molar-refractivity contribution in [2.75, 3.05) is 5.32 Å². The van der Waals surface area contributed by atoms with Gasteiger partial charge in [0.05, 0.1) is 11.2 Å². The van der Waals surface area contributed by atoms with Crippen LogP contribution in [0.5, 0.6) is 0 Å². The lowest BCUT2D eigenvalue weighted by Gasteiger charge is -2.11. The lowest BCUT2D eigenvalue weighted by atomic mass is 10.2. The smallest absolute Gasteiger partial charge is 0.195 e. The fourth-order valence-electron chi connectivity index (χ4n) is 2.01. The molecule has 0 saturated heterocycles. The summed E-state index contributed by atoms with van der Waals surface area (Å²) in [5.41, 5.74) is 5.17. The molecule has 0 aliphatic heterocycles. The Balaban J connectivity index is 1.54. The number of benzene rings is 1. The number of aromatic nitrogens is 2. The molecule has 0 spiro atoms. The van der Waals surface area contributed by atoms with Gasteiger partial charge in [0.2, 0.25) is 0 Å². The van der Waals surface area contributed by atoms with Crippen LogP contribution in [0.15, 0.2) is 54.9 Å². The third kappa shape index (κ3) is 4.35. The summed E-state index contributed by atoms with van der Waals surface area (Å²) in [5.74, 6) is 0. The number of hydrogen-bond acceptors (Lipinski definition) is 4. The van der Waals surface area contributed by atoms with Gasteiger partial charge < -0.3 is 5.32 Å². The number of hydrogen-bond donors (Lipinski definition) is 2. The molecule has 0 bridgehead atoms. The summed E-state index contributed by atoms with van der Waals surface area (Å²) in [6.07, 6.45) is 3.39. The predicted octanol–water partition coefficient (Wildman–Crippen LogP) is 3.70. The minimum Gasteiger partial charge on any atom is -0.331 e. The van der Waals surface area contributed by atoms with Crippen molar-refractivity contribution in [3.05, 3.63) is 65.6 Å². The number of hydroxylamine groups is 1. The van der Waals surface area contributed by atoms with Crippen molar-refractivity contribution in [1.82, 2.24) is 15.4 Å². The molecule has 2 heterocycles. The van der Waals surface area contributed by atoms with Gasteiger partial charge in [-0.25, -0.2) is 5.48 Å². The Labute approximate surface area is 143 Å². The molecule has 7 heteroatoms. The van der Waals surface area contributed by atoms with Gasteiger partial charge in [0.15, 0.2) is 5.11 Å². The van der Waals surface area contributed by atoms with Crippen LogP contribution in [-0.4, -0.2) is 15.1 Å². The van der Waals surface area contributed by atoms with Crippen LogP contribution in [0.25, 0.3) is 10.9 Å². The first-order valence-electron chi connectivity index (χ1n) is 6.85. The molecule has 0 atom stereocenters. The minimum absolute atomic E-state index is 0.254. The number of rotatable bonds is 4. The van der Waals surface area contributed by atoms with E-state index in [4.69, 9.17) is 28.7 Å². The summed E-state index contributed by atoms with van der Waals surface area (Å²) in [4.78, 5) is 13.7. The zero-order valence-electron chi connectivity index (χ0n) is 12.0. The van der Waals surface area contributed by atoms with E-state index in [9.17, 15) is 0 Å². The maximum Gasteiger partial charge on any atom is 0.195 e. The van der Waals surface area contributed by atoms with Gasteiger partial charge in [-0.1, -0.05) is 17.7 Å². The second kappa shape index (κ2) is 7.32. The van der Waals surface area contributed by atoms with E-state index in [1.165, 1.54) is 0 Å². The summed E-state index contributed by atoms with van der Waals surface area (Å²) < 4.78 is 0. The number of nitrogens with zero attached hydrogens (tertiary/aromatic N) is 2. The highest BCUT2D eigenvalue weighted by molar-refractivity contribution is 7.80. The quantitative estimate of drug-likeness (QED) is 0.556. The number of nitrogens with one attached hydrogen (secondary N) is 2. The van der Waals surface area contributed by atoms with E-state index in [-0.39, 0.29) is 6.61 Å². The fraction of sp³-hybridized carbons (Fsp3) is 0.0625. The molecule has 3 aromatic rings. The number of thiocarbonyl (C=S) groups is 1. The highest BCUT2D eigenvalue weighted by Gasteiger charge is 2.01. The van der Waals surface area contributed by atoms with Crippen molar-refractivity contribution in [1.29, 1.82) is 0 Å². The highest BCUT2D eigenvalue weighted by Crippen LogP contribution is 2.16. The first kappa shape index (κ1) is 15.6. The van der Waals surface area contributed by atoms with E-state index < -0.39 is 0 Å². The van der Waals surface area contributed by atoms with Crippen LogP contribution in [0.3, 0.4) is 0 Å². The second-order valence-corrected chi connectivity index (χ2v) is 5.57. The van der Waals surface area contributed by atoms with Crippen LogP contribution in [0, 0.1) is 0 Å². The Morgan fingerprint density at radius 1 is 1.13 bits per heavy atom. The molecule has 0 radical (unpaired) electrons. The van der Waals surface area contributed by atoms with Crippen LogP contribution >= 0.6 is 23.8 Å². The van der Waals surface area contributed by atoms with Gasteiger partial charge in [-0.05, 0) is 48.6 Å². The maximum absolute atomic E-state index is 5.88. The topological polar surface area (TPSA) is 59.1 Å². The molecule has 2 N–H and O–H groups in total. The molecule has 2 aromatic heterocycles. The van der Waals surface area contributed by atoms with Gasteiger partial charge >= 0.3 is 0 Å². The third-order valence-corrected chi connectivity index (χ3v) is 3.44. The predicted molar refractivity (Wildman–Crippen MR) is 95.1 cm³/mol. The molecule has 0 amide bonds. The Hall–Kier alpha value is -2.28. The van der Waals surface area contributed by atoms with E-state index in [1.807, 2.05) is 30.3 Å². The molecule has 0 aliphatic carbocycles. The van der Waals surface area contributed by atoms with Crippen molar-refractivity contribution < 1.29 is 4.84 Å². The molecule has 0 unspecified atom stereocenters. The summed E-state index contributed by atoms with van der Waals surface area (Å²) >= 11 is 11.1. The Morgan fingerprint density at radius 3 is 2.91 bits per heavy atom. The molecule has 5 nitrogen and oxygen atoms in total. The van der Waals surface area contributed by atoms with E-state index >= 15 is 0 Å². The van der Waals surface area contributed by atoms with Crippen LogP contribution < -0.4 is 10.8 Å². The number of fused-ring (bicyclic) bond motifs is 1. The normalized spacial score (nSPS) is 10.5. The molecule has 116 valence electrons. The molecule has 0 aliphatic rings. The van der Waals surface area contributed by atoms with Crippen LogP contribution in [-0.2, 0) is 11.4 Å². The van der Waals surface area contributed by atoms with Crippen LogP contribution in [0.2, 0.25) is 5.02 Å². The standard InChI is InChI=1S/C16H13ClN4OS/c17-12-5-7-18-14(9-12)10-22-21-16(23)20-13-3-4-15-11(8-13)2-1-6-19-15/h1-9H,10H2,(H2,20,21,23). The molecule has 0 saturated carbocycles. The lowest BCUT2D eigenvalue weighted by molar-refractivity contribution is 0.0705. The van der Waals surface area contributed by atoms with Crippen molar-refractivity contribution in [2.24, 2.45) is 0 Å². The molecule has 1 aromatic carbocycles. The SMILES string of the molecule is S=C(NOCc1cc(Cl)ccn1)Nc1ccc2ncccc2c1. The summed E-state index contributed by atoms with van der Waals surface area (Å²) in [6.45, 7) is 0.254. The van der Waals surface area contributed by atoms with Crippen molar-refractivity contribution >= 4 is 45.5 Å². The van der Waals surface area contributed by atoms with Crippen molar-refractivity contribution in [3.63, 3.8) is 0 Å². The average molecular weight is 345 g/mol. The van der Waals surface area contributed by atoms with Gasteiger partial charge in [0.1, 0.15) is 6.61 Å². The summed E-state index contributed by atoms with van der Waals surface area (Å²) in [5, 5.41) is 5.06. The third-order valence-electron chi connectivity index (χ3n) is 3.02. The monoisotopic (exact) mass is 344 g/mol. The molecule has 3 rings (SSSR count). The Kier molecular flexibility index (Phi) is 4.97. The van der Waals surface area contributed by atoms with Gasteiger partial charge in [-0.15, -0.1) is 0 Å². The van der Waals surface area contributed by atoms with E-state index in [2.05, 4.69) is 20.8 Å². The Morgan fingerprint density at radius 2 is 2.04 bits per heavy atom. The maximum atomic E-state index is 5.88. The number of halogens is 1. The van der Waals surface area contributed by atoms with Crippen molar-refractivity contribution in [2.45, 2.75) is 6.61 Å². The minimum atomic E-state index is 0.254. The van der Waals surface area contributed by atoms with Gasteiger partial charge in [0, 0.05) is 28.5 Å². The average Bonchev–Trinajstić information content (AvgIpc) is 2.55. The molecule has 23 heavy (non-hydrogen) atoms. The van der Waals surface area contributed by atoms with Gasteiger partial charge in [-0.3, -0.25) is 14.8 Å². The second-order valence-electron chi connectivity index (χ2n) is 4.72. The van der Waals surface area contributed by atoms with Crippen LogP contribution in [0.1, 0.15) is 5.69 Å². The first-order valence-corrected chi connectivity index (χ1v) is 7.63. The lowest BCUT2D eigenvalue weighted by Crippen LogP contribution is -2.28. The van der Waals surface area contributed by atoms with Crippen LogP contribution in [0.4, 0.5) is 5.69 Å². The van der Waals surface area contributed by atoms with E-state index in [1.54, 1.807) is 24.5 Å². The van der Waals surface area contributed by atoms with Gasteiger partial charge in [0.25, 0.3) is 0 Å². The van der Waals surface area contributed by atoms with Crippen molar-refractivity contribution in [3.8, 4) is 0 Å². The molecular weight excluding hydrogens is 332 g/mol. The molecule has 0 fully saturated rings. The summed E-state index contributed by atoms with van der Waals surface area (Å²) in [6, 6.07) is 13.1. The van der Waals surface area contributed by atoms with E-state index in [0.29, 0.717) is 15.8 Å². The first-order chi connectivity index (χ1) is 11.2. The van der Waals surface area contributed by atoms with Gasteiger partial charge in [-0.2, -0.15) is 0 Å².